The Balaban J connectivity index is 1.94. The molecule has 3 nitrogen and oxygen atoms in total. The van der Waals surface area contributed by atoms with Crippen LogP contribution in [0.4, 0.5) is 5.69 Å². The molecule has 2 aromatic carbocycles. The summed E-state index contributed by atoms with van der Waals surface area (Å²) >= 11 is 0. The van der Waals surface area contributed by atoms with Crippen LogP contribution >= 0.6 is 0 Å². The minimum atomic E-state index is 0.152. The van der Waals surface area contributed by atoms with Crippen molar-refractivity contribution in [2.45, 2.75) is 24.9 Å². The van der Waals surface area contributed by atoms with Gasteiger partial charge in [0, 0.05) is 18.2 Å². The Morgan fingerprint density at radius 1 is 1.00 bits per heavy atom. The molecule has 0 spiro atoms. The van der Waals surface area contributed by atoms with Gasteiger partial charge in [0.1, 0.15) is 5.75 Å². The van der Waals surface area contributed by atoms with Crippen LogP contribution in [0.15, 0.2) is 48.5 Å². The molecule has 2 heterocycles. The lowest BCUT2D eigenvalue weighted by Gasteiger charge is -2.40. The van der Waals surface area contributed by atoms with Gasteiger partial charge in [-0.25, -0.2) is 0 Å². The third kappa shape index (κ3) is 1.70. The molecule has 0 aromatic heterocycles. The maximum atomic E-state index is 6.43. The molecule has 102 valence electrons. The number of hydrogen-bond acceptors (Lipinski definition) is 3. The molecule has 3 heteroatoms. The molecule has 2 N–H and O–H groups in total. The SMILES string of the molecule is N[C@@H]1CCCN2c3ccccc3Oc3ccccc3[C@@H]12. The summed E-state index contributed by atoms with van der Waals surface area (Å²) in [5, 5.41) is 0. The number of anilines is 1. The van der Waals surface area contributed by atoms with Gasteiger partial charge in [-0.05, 0) is 31.0 Å². The van der Waals surface area contributed by atoms with Crippen LogP contribution < -0.4 is 15.4 Å². The number of fused-ring (bicyclic) bond motifs is 5. The predicted molar refractivity (Wildman–Crippen MR) is 80.3 cm³/mol. The van der Waals surface area contributed by atoms with Crippen molar-refractivity contribution in [3.63, 3.8) is 0 Å². The fourth-order valence-corrected chi connectivity index (χ4v) is 3.41. The molecule has 20 heavy (non-hydrogen) atoms. The van der Waals surface area contributed by atoms with Gasteiger partial charge in [-0.2, -0.15) is 0 Å². The van der Waals surface area contributed by atoms with Crippen LogP contribution in [-0.2, 0) is 0 Å². The van der Waals surface area contributed by atoms with Crippen LogP contribution in [0, 0.1) is 0 Å². The Hall–Kier alpha value is -2.00. The van der Waals surface area contributed by atoms with Gasteiger partial charge in [0.15, 0.2) is 5.75 Å². The quantitative estimate of drug-likeness (QED) is 0.793. The first-order valence-corrected chi connectivity index (χ1v) is 7.22. The van der Waals surface area contributed by atoms with Crippen molar-refractivity contribution in [3.8, 4) is 11.5 Å². The van der Waals surface area contributed by atoms with Crippen molar-refractivity contribution in [2.24, 2.45) is 5.73 Å². The number of benzene rings is 2. The molecule has 2 atom stereocenters. The smallest absolute Gasteiger partial charge is 0.150 e. The Bertz CT molecular complexity index is 640. The largest absolute Gasteiger partial charge is 0.455 e. The first-order valence-electron chi connectivity index (χ1n) is 7.22. The van der Waals surface area contributed by atoms with Crippen LogP contribution in [0.3, 0.4) is 0 Å². The molecule has 0 radical (unpaired) electrons. The fraction of sp³-hybridized carbons (Fsp3) is 0.294. The van der Waals surface area contributed by atoms with Crippen molar-refractivity contribution in [2.75, 3.05) is 11.4 Å². The highest BCUT2D eigenvalue weighted by molar-refractivity contribution is 5.64. The van der Waals surface area contributed by atoms with Crippen LogP contribution in [0.1, 0.15) is 24.4 Å². The lowest BCUT2D eigenvalue weighted by atomic mass is 9.90. The minimum absolute atomic E-state index is 0.152. The summed E-state index contributed by atoms with van der Waals surface area (Å²) in [5.41, 5.74) is 8.79. The molecule has 4 rings (SSSR count). The summed E-state index contributed by atoms with van der Waals surface area (Å²) in [6, 6.07) is 16.9. The second-order valence-corrected chi connectivity index (χ2v) is 5.55. The summed E-state index contributed by atoms with van der Waals surface area (Å²) in [6.45, 7) is 1.03. The van der Waals surface area contributed by atoms with Crippen LogP contribution in [0.2, 0.25) is 0 Å². The summed E-state index contributed by atoms with van der Waals surface area (Å²) < 4.78 is 6.15. The number of nitrogens with zero attached hydrogens (tertiary/aromatic N) is 1. The first kappa shape index (κ1) is 11.8. The topological polar surface area (TPSA) is 38.5 Å². The van der Waals surface area contributed by atoms with Crippen LogP contribution in [0.25, 0.3) is 0 Å². The van der Waals surface area contributed by atoms with Crippen molar-refractivity contribution in [3.05, 3.63) is 54.1 Å². The van der Waals surface area contributed by atoms with Crippen LogP contribution in [0.5, 0.6) is 11.5 Å². The van der Waals surface area contributed by atoms with Gasteiger partial charge < -0.3 is 15.4 Å². The molecule has 0 saturated carbocycles. The second-order valence-electron chi connectivity index (χ2n) is 5.55. The Morgan fingerprint density at radius 3 is 2.65 bits per heavy atom. The van der Waals surface area contributed by atoms with Gasteiger partial charge >= 0.3 is 0 Å². The predicted octanol–water partition coefficient (Wildman–Crippen LogP) is 3.46. The van der Waals surface area contributed by atoms with E-state index in [0.717, 1.165) is 36.6 Å². The Labute approximate surface area is 119 Å². The zero-order valence-electron chi connectivity index (χ0n) is 11.3. The molecule has 2 aromatic rings. The number of hydrogen-bond donors (Lipinski definition) is 1. The highest BCUT2D eigenvalue weighted by atomic mass is 16.5. The minimum Gasteiger partial charge on any atom is -0.455 e. The molecule has 1 fully saturated rings. The Morgan fingerprint density at radius 2 is 1.75 bits per heavy atom. The van der Waals surface area contributed by atoms with Gasteiger partial charge in [0.05, 0.1) is 11.7 Å². The second kappa shape index (κ2) is 4.53. The molecular formula is C17H18N2O. The van der Waals surface area contributed by atoms with Crippen molar-refractivity contribution < 1.29 is 4.74 Å². The van der Waals surface area contributed by atoms with Crippen molar-refractivity contribution >= 4 is 5.69 Å². The normalized spacial score (nSPS) is 23.9. The number of piperidine rings is 1. The molecule has 0 aliphatic carbocycles. The van der Waals surface area contributed by atoms with E-state index in [2.05, 4.69) is 29.2 Å². The summed E-state index contributed by atoms with van der Waals surface area (Å²) in [5.74, 6) is 1.86. The Kier molecular flexibility index (Phi) is 2.67. The summed E-state index contributed by atoms with van der Waals surface area (Å²) in [6.07, 6.45) is 2.20. The third-order valence-electron chi connectivity index (χ3n) is 4.31. The lowest BCUT2D eigenvalue weighted by Crippen LogP contribution is -2.45. The number of rotatable bonds is 0. The lowest BCUT2D eigenvalue weighted by molar-refractivity contribution is 0.408. The van der Waals surface area contributed by atoms with Crippen molar-refractivity contribution in [1.82, 2.24) is 0 Å². The maximum absolute atomic E-state index is 6.43. The fourth-order valence-electron chi connectivity index (χ4n) is 3.41. The summed E-state index contributed by atoms with van der Waals surface area (Å²) in [4.78, 5) is 2.41. The van der Waals surface area contributed by atoms with E-state index < -0.39 is 0 Å². The van der Waals surface area contributed by atoms with E-state index in [1.165, 1.54) is 5.56 Å². The van der Waals surface area contributed by atoms with Gasteiger partial charge in [-0.1, -0.05) is 30.3 Å². The standard InChI is InChI=1S/C17H18N2O/c18-13-7-5-11-19-14-8-2-4-10-16(14)20-15-9-3-1-6-12(15)17(13)19/h1-4,6,8-10,13,17H,5,7,11,18H2/t13-,17+/m1/s1. The van der Waals surface area contributed by atoms with Gasteiger partial charge in [0.2, 0.25) is 0 Å². The van der Waals surface area contributed by atoms with Gasteiger partial charge in [0.25, 0.3) is 0 Å². The average molecular weight is 266 g/mol. The van der Waals surface area contributed by atoms with E-state index >= 15 is 0 Å². The molecular weight excluding hydrogens is 248 g/mol. The van der Waals surface area contributed by atoms with Gasteiger partial charge in [-0.3, -0.25) is 0 Å². The molecule has 2 aliphatic rings. The third-order valence-corrected chi connectivity index (χ3v) is 4.31. The maximum Gasteiger partial charge on any atom is 0.150 e. The zero-order chi connectivity index (χ0) is 13.5. The van der Waals surface area contributed by atoms with E-state index in [4.69, 9.17) is 10.5 Å². The van der Waals surface area contributed by atoms with Gasteiger partial charge in [-0.15, -0.1) is 0 Å². The monoisotopic (exact) mass is 266 g/mol. The molecule has 0 unspecified atom stereocenters. The van der Waals surface area contributed by atoms with Crippen LogP contribution in [-0.4, -0.2) is 12.6 Å². The molecule has 2 aliphatic heterocycles. The van der Waals surface area contributed by atoms with E-state index in [0.29, 0.717) is 0 Å². The van der Waals surface area contributed by atoms with E-state index in [-0.39, 0.29) is 12.1 Å². The number of ether oxygens (including phenoxy) is 1. The number of nitrogens with two attached hydrogens (primary N) is 1. The molecule has 0 bridgehead atoms. The number of para-hydroxylation sites is 3. The average Bonchev–Trinajstić information content (AvgIpc) is 2.62. The zero-order valence-corrected chi connectivity index (χ0v) is 11.3. The highest BCUT2D eigenvalue weighted by Crippen LogP contribution is 2.46. The molecule has 0 amide bonds. The highest BCUT2D eigenvalue weighted by Gasteiger charge is 2.35. The van der Waals surface area contributed by atoms with E-state index in [1.807, 2.05) is 24.3 Å². The molecule has 1 saturated heterocycles. The van der Waals surface area contributed by atoms with Crippen molar-refractivity contribution in [1.29, 1.82) is 0 Å². The van der Waals surface area contributed by atoms with E-state index in [1.54, 1.807) is 0 Å². The summed E-state index contributed by atoms with van der Waals surface area (Å²) in [7, 11) is 0. The first-order chi connectivity index (χ1) is 9.84. The van der Waals surface area contributed by atoms with E-state index in [9.17, 15) is 0 Å².